The highest BCUT2D eigenvalue weighted by molar-refractivity contribution is 6.07. The van der Waals surface area contributed by atoms with E-state index >= 15 is 0 Å². The van der Waals surface area contributed by atoms with E-state index in [1.165, 1.54) is 328 Å². The molecule has 0 aliphatic rings. The molecule has 0 N–H and O–H groups in total. The second-order valence-corrected chi connectivity index (χ2v) is 25.7. The minimum atomic E-state index is -2.00. The Morgan fingerprint density at radius 3 is 0.349 bits per heavy atom. The number of rotatable bonds is 52. The number of carboxylic acid groups (broad SMARTS) is 4. The summed E-state index contributed by atoms with van der Waals surface area (Å²) in [5.41, 5.74) is -4.11. The van der Waals surface area contributed by atoms with Crippen LogP contribution in [0.1, 0.15) is 358 Å². The summed E-state index contributed by atoms with van der Waals surface area (Å²) >= 11 is 0. The third-order valence-electron chi connectivity index (χ3n) is 17.8. The Hall–Kier alpha value is -3.06. The summed E-state index contributed by atoms with van der Waals surface area (Å²) in [6.07, 6.45) is 44.2. The molecule has 0 unspecified atom stereocenters. The molecule has 0 atom stereocenters. The number of nitrogens with zero attached hydrogens (tertiary/aromatic N) is 4. The van der Waals surface area contributed by atoms with Crippen molar-refractivity contribution in [2.75, 3.05) is 105 Å². The van der Waals surface area contributed by atoms with Gasteiger partial charge in [0, 0.05) is 22.3 Å². The van der Waals surface area contributed by atoms with Gasteiger partial charge in [-0.1, -0.05) is 214 Å². The highest BCUT2D eigenvalue weighted by Gasteiger charge is 2.28. The molecule has 0 aromatic heterocycles. The monoisotopic (exact) mass is 1220 g/mol. The first kappa shape index (κ1) is 89.4. The van der Waals surface area contributed by atoms with E-state index in [9.17, 15) is 39.6 Å². The Bertz CT molecular complexity index is 1350. The van der Waals surface area contributed by atoms with Gasteiger partial charge >= 0.3 is 0 Å². The lowest BCUT2D eigenvalue weighted by molar-refractivity contribution is -0.929. The second-order valence-electron chi connectivity index (χ2n) is 25.7. The fourth-order valence-electron chi connectivity index (χ4n) is 11.9. The van der Waals surface area contributed by atoms with Gasteiger partial charge in [-0.15, -0.1) is 0 Å². The number of benzene rings is 1. The molecule has 0 radical (unpaired) electrons. The average molecular weight is 1220 g/mol. The molecule has 1 aromatic carbocycles. The molecule has 12 heteroatoms. The van der Waals surface area contributed by atoms with Crippen molar-refractivity contribution in [1.29, 1.82) is 0 Å². The summed E-state index contributed by atoms with van der Waals surface area (Å²) in [6.45, 7) is 60.1. The lowest BCUT2D eigenvalue weighted by atomic mass is 9.98. The van der Waals surface area contributed by atoms with Crippen LogP contribution in [0.25, 0.3) is 0 Å². The summed E-state index contributed by atoms with van der Waals surface area (Å²) in [5.74, 6) is -7.99. The van der Waals surface area contributed by atoms with Crippen molar-refractivity contribution >= 4 is 23.9 Å². The van der Waals surface area contributed by atoms with Crippen molar-refractivity contribution in [2.45, 2.75) is 316 Å². The van der Waals surface area contributed by atoms with E-state index in [0.29, 0.717) is 12.1 Å². The van der Waals surface area contributed by atoms with Gasteiger partial charge in [-0.25, -0.2) is 0 Å². The summed E-state index contributed by atoms with van der Waals surface area (Å²) in [4.78, 5) is 42.4. The zero-order valence-corrected chi connectivity index (χ0v) is 60.2. The Kier molecular flexibility index (Phi) is 61.9. The van der Waals surface area contributed by atoms with Crippen LogP contribution in [-0.4, -0.2) is 147 Å². The topological polar surface area (TPSA) is 161 Å². The first-order chi connectivity index (χ1) is 41.2. The summed E-state index contributed by atoms with van der Waals surface area (Å²) < 4.78 is 5.68. The van der Waals surface area contributed by atoms with E-state index in [0.717, 1.165) is 0 Å². The van der Waals surface area contributed by atoms with Crippen molar-refractivity contribution in [3.8, 4) is 0 Å². The molecular formula is C74H146N4O8. The molecule has 0 saturated heterocycles. The number of carbonyl (C=O) groups is 4. The minimum Gasteiger partial charge on any atom is -0.545 e. The number of unbranched alkanes of at least 4 members (excludes halogenated alkanes) is 16. The van der Waals surface area contributed by atoms with Crippen LogP contribution in [0.5, 0.6) is 0 Å². The average Bonchev–Trinajstić information content (AvgIpc) is 3.16. The van der Waals surface area contributed by atoms with Crippen molar-refractivity contribution in [2.24, 2.45) is 0 Å². The van der Waals surface area contributed by atoms with E-state index in [1.807, 2.05) is 0 Å². The van der Waals surface area contributed by atoms with Gasteiger partial charge in [0.1, 0.15) is 0 Å². The normalized spacial score (nSPS) is 11.5. The Balaban J connectivity index is -0.000000489. The molecule has 0 spiro atoms. The molecular weight excluding hydrogens is 1070 g/mol. The molecule has 0 aliphatic carbocycles. The number of hydrogen-bond donors (Lipinski definition) is 0. The number of quaternary nitrogens is 4. The molecule has 0 aliphatic heterocycles. The number of hydrogen-bond acceptors (Lipinski definition) is 8. The van der Waals surface area contributed by atoms with E-state index in [1.54, 1.807) is 0 Å². The minimum absolute atomic E-state index is 0.306. The highest BCUT2D eigenvalue weighted by Crippen LogP contribution is 2.21. The number of aromatic carboxylic acids is 4. The largest absolute Gasteiger partial charge is 0.545 e. The maximum atomic E-state index is 10.6. The van der Waals surface area contributed by atoms with Gasteiger partial charge in [0.2, 0.25) is 0 Å². The van der Waals surface area contributed by atoms with Crippen LogP contribution < -0.4 is 20.4 Å². The molecule has 12 nitrogen and oxygen atoms in total. The molecule has 0 amide bonds. The maximum Gasteiger partial charge on any atom is 0.0786 e. The molecule has 86 heavy (non-hydrogen) atoms. The van der Waals surface area contributed by atoms with Crippen molar-refractivity contribution in [1.82, 2.24) is 0 Å². The Morgan fingerprint density at radius 2 is 0.291 bits per heavy atom. The number of carboxylic acids is 4. The molecule has 510 valence electrons. The Morgan fingerprint density at radius 1 is 0.209 bits per heavy atom. The maximum absolute atomic E-state index is 10.6. The standard InChI is InChI=1S/4C16H36N.C10H6O8/c4*1-5-9-13-17(14-10-6-2,15-11-7-3)16-12-8-4;11-7(12)3-1-4(8(13)14)6(10(17)18)2-5(3)9(15)16/h4*5-16H2,1-4H3;1-2H,(H,11,12)(H,13,14)(H,15,16)(H,17,18)/q4*+1;/p-4. The first-order valence-electron chi connectivity index (χ1n) is 36.7. The van der Waals surface area contributed by atoms with Crippen LogP contribution in [0.2, 0.25) is 0 Å². The predicted molar refractivity (Wildman–Crippen MR) is 361 cm³/mol. The van der Waals surface area contributed by atoms with Gasteiger partial charge in [0.25, 0.3) is 0 Å². The van der Waals surface area contributed by atoms with E-state index in [4.69, 9.17) is 0 Å². The third kappa shape index (κ3) is 43.6. The van der Waals surface area contributed by atoms with Crippen molar-refractivity contribution in [3.63, 3.8) is 0 Å². The van der Waals surface area contributed by atoms with E-state index in [-0.39, 0.29) is 0 Å². The fraction of sp³-hybridized carbons (Fsp3) is 0.865. The molecule has 0 bridgehead atoms. The molecule has 0 fully saturated rings. The van der Waals surface area contributed by atoms with Gasteiger partial charge < -0.3 is 57.5 Å². The molecule has 0 saturated carbocycles. The quantitative estimate of drug-likeness (QED) is 0.0583. The van der Waals surface area contributed by atoms with Crippen LogP contribution in [0.4, 0.5) is 0 Å². The Labute approximate surface area is 534 Å². The first-order valence-corrected chi connectivity index (χ1v) is 36.7. The van der Waals surface area contributed by atoms with Crippen molar-refractivity contribution < 1.29 is 57.5 Å². The van der Waals surface area contributed by atoms with Crippen LogP contribution in [0, 0.1) is 0 Å². The van der Waals surface area contributed by atoms with Gasteiger partial charge in [0.15, 0.2) is 0 Å². The van der Waals surface area contributed by atoms with Gasteiger partial charge in [-0.2, -0.15) is 0 Å². The SMILES string of the molecule is CCCC[N+](CCCC)(CCCC)CCCC.CCCC[N+](CCCC)(CCCC)CCCC.CCCC[N+](CCCC)(CCCC)CCCC.CCCC[N+](CCCC)(CCCC)CCCC.O=C([O-])c1cc(C(=O)[O-])c(C(=O)[O-])cc1C(=O)[O-]. The fourth-order valence-corrected chi connectivity index (χ4v) is 11.9. The van der Waals surface area contributed by atoms with Crippen molar-refractivity contribution in [3.05, 3.63) is 34.4 Å². The highest BCUT2D eigenvalue weighted by atomic mass is 16.4. The predicted octanol–water partition coefficient (Wildman–Crippen LogP) is 15.2. The smallest absolute Gasteiger partial charge is 0.0786 e. The third-order valence-corrected chi connectivity index (χ3v) is 17.8. The van der Waals surface area contributed by atoms with Crippen LogP contribution in [0.15, 0.2) is 12.1 Å². The van der Waals surface area contributed by atoms with Gasteiger partial charge in [-0.05, 0) is 115 Å². The lowest BCUT2D eigenvalue weighted by Gasteiger charge is -2.39. The lowest BCUT2D eigenvalue weighted by Crippen LogP contribution is -2.50. The number of carbonyl (C=O) groups excluding carboxylic acids is 4. The van der Waals surface area contributed by atoms with E-state index in [2.05, 4.69) is 111 Å². The summed E-state index contributed by atoms with van der Waals surface area (Å²) in [7, 11) is 0. The molecule has 0 heterocycles. The van der Waals surface area contributed by atoms with Gasteiger partial charge in [0.05, 0.1) is 129 Å². The summed E-state index contributed by atoms with van der Waals surface area (Å²) in [6, 6.07) is 0.613. The molecule has 1 rings (SSSR count). The van der Waals surface area contributed by atoms with Crippen LogP contribution >= 0.6 is 0 Å². The van der Waals surface area contributed by atoms with Gasteiger partial charge in [-0.3, -0.25) is 0 Å². The zero-order valence-electron chi connectivity index (χ0n) is 60.2. The second kappa shape index (κ2) is 59.6. The molecule has 1 aromatic rings. The van der Waals surface area contributed by atoms with Crippen LogP contribution in [-0.2, 0) is 0 Å². The zero-order chi connectivity index (χ0) is 66.0. The van der Waals surface area contributed by atoms with E-state index < -0.39 is 46.1 Å². The van der Waals surface area contributed by atoms with Crippen LogP contribution in [0.3, 0.4) is 0 Å². The summed E-state index contributed by atoms with van der Waals surface area (Å²) in [5, 5.41) is 42.4.